The van der Waals surface area contributed by atoms with Crippen LogP contribution in [-0.2, 0) is 17.1 Å². The van der Waals surface area contributed by atoms with Gasteiger partial charge in [-0.05, 0) is 18.2 Å². The number of pyridine rings is 1. The summed E-state index contributed by atoms with van der Waals surface area (Å²) < 4.78 is 28.4. The highest BCUT2D eigenvalue weighted by Crippen LogP contribution is 2.19. The smallest absolute Gasteiger partial charge is 0.265 e. The molecular weight excluding hydrogens is 306 g/mol. The normalized spacial score (nSPS) is 11.2. The Kier molecular flexibility index (Phi) is 4.09. The number of aromatic nitrogens is 2. The minimum atomic E-state index is -3.81. The van der Waals surface area contributed by atoms with Crippen LogP contribution in [0.3, 0.4) is 0 Å². The number of aryl methyl sites for hydroxylation is 1. The summed E-state index contributed by atoms with van der Waals surface area (Å²) in [7, 11) is 1.40. The molecule has 0 saturated carbocycles. The van der Waals surface area contributed by atoms with E-state index < -0.39 is 15.9 Å². The molecule has 22 heavy (non-hydrogen) atoms. The van der Waals surface area contributed by atoms with Gasteiger partial charge in [0.25, 0.3) is 15.9 Å². The number of nitrogens with two attached hydrogens (primary N) is 1. The van der Waals surface area contributed by atoms with Crippen LogP contribution in [0.4, 0.5) is 11.5 Å². The fourth-order valence-corrected chi connectivity index (χ4v) is 2.96. The zero-order valence-corrected chi connectivity index (χ0v) is 13.3. The van der Waals surface area contributed by atoms with Crippen LogP contribution in [0.25, 0.3) is 0 Å². The average Bonchev–Trinajstić information content (AvgIpc) is 2.82. The summed E-state index contributed by atoms with van der Waals surface area (Å²) in [4.78, 5) is 17.1. The Morgan fingerprint density at radius 2 is 2.05 bits per heavy atom. The summed E-state index contributed by atoms with van der Waals surface area (Å²) in [5, 5.41) is 0. The number of carbonyl (C=O) groups excluding carboxylic acids is 1. The van der Waals surface area contributed by atoms with Gasteiger partial charge in [-0.25, -0.2) is 13.4 Å². The number of amides is 1. The fourth-order valence-electron chi connectivity index (χ4n) is 1.85. The van der Waals surface area contributed by atoms with Crippen molar-refractivity contribution in [2.75, 3.05) is 23.7 Å². The van der Waals surface area contributed by atoms with Crippen LogP contribution in [0.5, 0.6) is 0 Å². The molecule has 2 aromatic rings. The van der Waals surface area contributed by atoms with Crippen LogP contribution >= 0.6 is 0 Å². The van der Waals surface area contributed by atoms with Crippen LogP contribution in [0.15, 0.2) is 35.5 Å². The standard InChI is InChI=1S/C13H17N5O3S/c1-17(2)12-5-4-9(7-15-12)16-22(20,21)10-6-11(13(14)19)18(3)8-10/h4-8,16H,1-3H3,(H2,14,19). The summed E-state index contributed by atoms with van der Waals surface area (Å²) in [5.41, 5.74) is 5.62. The van der Waals surface area contributed by atoms with Crippen LogP contribution < -0.4 is 15.4 Å². The first-order valence-electron chi connectivity index (χ1n) is 6.33. The molecular formula is C13H17N5O3S. The molecule has 0 unspecified atom stereocenters. The summed E-state index contributed by atoms with van der Waals surface area (Å²) in [6.45, 7) is 0. The van der Waals surface area contributed by atoms with Crippen molar-refractivity contribution in [3.8, 4) is 0 Å². The lowest BCUT2D eigenvalue weighted by atomic mass is 10.4. The number of rotatable bonds is 5. The van der Waals surface area contributed by atoms with Gasteiger partial charge in [0, 0.05) is 27.3 Å². The fraction of sp³-hybridized carbons (Fsp3) is 0.231. The Bertz CT molecular complexity index is 794. The molecule has 2 heterocycles. The van der Waals surface area contributed by atoms with E-state index in [1.807, 2.05) is 14.1 Å². The molecule has 0 radical (unpaired) electrons. The molecule has 1 amide bonds. The first kappa shape index (κ1) is 15.8. The van der Waals surface area contributed by atoms with E-state index in [2.05, 4.69) is 9.71 Å². The topological polar surface area (TPSA) is 110 Å². The minimum absolute atomic E-state index is 0.0412. The van der Waals surface area contributed by atoms with E-state index in [-0.39, 0.29) is 10.6 Å². The van der Waals surface area contributed by atoms with E-state index in [0.717, 1.165) is 0 Å². The molecule has 0 fully saturated rings. The number of nitrogens with one attached hydrogen (secondary N) is 1. The third-order valence-corrected chi connectivity index (χ3v) is 4.35. The van der Waals surface area contributed by atoms with Gasteiger partial charge in [0.1, 0.15) is 16.4 Å². The van der Waals surface area contributed by atoms with Crippen molar-refractivity contribution in [2.45, 2.75) is 4.90 Å². The Morgan fingerprint density at radius 1 is 1.36 bits per heavy atom. The number of carbonyl (C=O) groups is 1. The second kappa shape index (κ2) is 5.68. The maximum atomic E-state index is 12.3. The molecule has 0 spiro atoms. The van der Waals surface area contributed by atoms with Gasteiger partial charge >= 0.3 is 0 Å². The number of nitrogens with zero attached hydrogens (tertiary/aromatic N) is 3. The van der Waals surface area contributed by atoms with E-state index in [1.54, 1.807) is 24.1 Å². The van der Waals surface area contributed by atoms with Gasteiger partial charge in [-0.2, -0.15) is 0 Å². The first-order chi connectivity index (χ1) is 10.2. The molecule has 0 saturated heterocycles. The molecule has 0 atom stereocenters. The lowest BCUT2D eigenvalue weighted by Crippen LogP contribution is -2.15. The van der Waals surface area contributed by atoms with Crippen molar-refractivity contribution in [1.82, 2.24) is 9.55 Å². The molecule has 0 aliphatic carbocycles. The van der Waals surface area contributed by atoms with Crippen molar-refractivity contribution < 1.29 is 13.2 Å². The molecule has 2 rings (SSSR count). The van der Waals surface area contributed by atoms with Gasteiger partial charge in [0.15, 0.2) is 0 Å². The molecule has 0 bridgehead atoms. The third-order valence-electron chi connectivity index (χ3n) is 3.00. The quantitative estimate of drug-likeness (QED) is 0.827. The van der Waals surface area contributed by atoms with E-state index in [0.29, 0.717) is 11.5 Å². The van der Waals surface area contributed by atoms with Gasteiger partial charge in [-0.3, -0.25) is 9.52 Å². The highest BCUT2D eigenvalue weighted by atomic mass is 32.2. The minimum Gasteiger partial charge on any atom is -0.364 e. The van der Waals surface area contributed by atoms with E-state index in [1.165, 1.54) is 23.0 Å². The Labute approximate surface area is 128 Å². The third kappa shape index (κ3) is 3.19. The van der Waals surface area contributed by atoms with Crippen LogP contribution in [-0.4, -0.2) is 38.0 Å². The second-order valence-electron chi connectivity index (χ2n) is 4.94. The average molecular weight is 323 g/mol. The maximum absolute atomic E-state index is 12.3. The summed E-state index contributed by atoms with van der Waals surface area (Å²) >= 11 is 0. The summed E-state index contributed by atoms with van der Waals surface area (Å²) in [5.74, 6) is 0.0135. The Morgan fingerprint density at radius 3 is 2.50 bits per heavy atom. The predicted molar refractivity (Wildman–Crippen MR) is 83.3 cm³/mol. The molecule has 9 heteroatoms. The molecule has 2 aromatic heterocycles. The van der Waals surface area contributed by atoms with Crippen LogP contribution in [0.1, 0.15) is 10.5 Å². The molecule has 3 N–H and O–H groups in total. The summed E-state index contributed by atoms with van der Waals surface area (Å²) in [6, 6.07) is 4.53. The van der Waals surface area contributed by atoms with Crippen molar-refractivity contribution in [3.63, 3.8) is 0 Å². The van der Waals surface area contributed by atoms with E-state index >= 15 is 0 Å². The van der Waals surface area contributed by atoms with Gasteiger partial charge in [0.2, 0.25) is 0 Å². The summed E-state index contributed by atoms with van der Waals surface area (Å²) in [6.07, 6.45) is 2.74. The molecule has 118 valence electrons. The number of primary amides is 1. The zero-order chi connectivity index (χ0) is 16.5. The van der Waals surface area contributed by atoms with Crippen molar-refractivity contribution >= 4 is 27.4 Å². The molecule has 8 nitrogen and oxygen atoms in total. The van der Waals surface area contributed by atoms with Gasteiger partial charge in [0.05, 0.1) is 11.9 Å². The van der Waals surface area contributed by atoms with Crippen molar-refractivity contribution in [1.29, 1.82) is 0 Å². The largest absolute Gasteiger partial charge is 0.364 e. The Hall–Kier alpha value is -2.55. The van der Waals surface area contributed by atoms with Crippen molar-refractivity contribution in [2.24, 2.45) is 12.8 Å². The Balaban J connectivity index is 2.27. The number of sulfonamides is 1. The lowest BCUT2D eigenvalue weighted by molar-refractivity contribution is 0.0992. The molecule has 0 aromatic carbocycles. The number of hydrogen-bond donors (Lipinski definition) is 2. The monoisotopic (exact) mass is 323 g/mol. The highest BCUT2D eigenvalue weighted by Gasteiger charge is 2.19. The maximum Gasteiger partial charge on any atom is 0.265 e. The predicted octanol–water partition coefficient (Wildman–Crippen LogP) is 0.386. The lowest BCUT2D eigenvalue weighted by Gasteiger charge is -2.12. The number of hydrogen-bond acceptors (Lipinski definition) is 5. The van der Waals surface area contributed by atoms with Gasteiger partial charge in [-0.15, -0.1) is 0 Å². The van der Waals surface area contributed by atoms with Gasteiger partial charge < -0.3 is 15.2 Å². The SMILES string of the molecule is CN(C)c1ccc(NS(=O)(=O)c2cc(C(N)=O)n(C)c2)cn1. The van der Waals surface area contributed by atoms with Crippen molar-refractivity contribution in [3.05, 3.63) is 36.3 Å². The second-order valence-corrected chi connectivity index (χ2v) is 6.62. The zero-order valence-electron chi connectivity index (χ0n) is 12.4. The van der Waals surface area contributed by atoms with Gasteiger partial charge in [-0.1, -0.05) is 0 Å². The first-order valence-corrected chi connectivity index (χ1v) is 7.81. The highest BCUT2D eigenvalue weighted by molar-refractivity contribution is 7.92. The number of anilines is 2. The van der Waals surface area contributed by atoms with E-state index in [9.17, 15) is 13.2 Å². The van der Waals surface area contributed by atoms with E-state index in [4.69, 9.17) is 5.73 Å². The molecule has 0 aliphatic heterocycles. The van der Waals surface area contributed by atoms with Crippen LogP contribution in [0.2, 0.25) is 0 Å². The van der Waals surface area contributed by atoms with Crippen LogP contribution in [0, 0.1) is 0 Å². The molecule has 0 aliphatic rings.